The van der Waals surface area contributed by atoms with Crippen molar-refractivity contribution in [1.29, 1.82) is 0 Å². The quantitative estimate of drug-likeness (QED) is 0.665. The second kappa shape index (κ2) is 5.41. The van der Waals surface area contributed by atoms with Gasteiger partial charge in [-0.25, -0.2) is 9.78 Å². The number of nitrogen functional groups attached to an aromatic ring is 1. The Morgan fingerprint density at radius 2 is 2.33 bits per heavy atom. The number of carbonyl (C=O) groups is 1. The lowest BCUT2D eigenvalue weighted by molar-refractivity contribution is 0.0696. The van der Waals surface area contributed by atoms with Gasteiger partial charge in [0.15, 0.2) is 0 Å². The van der Waals surface area contributed by atoms with Crippen molar-refractivity contribution in [2.75, 3.05) is 5.73 Å². The van der Waals surface area contributed by atoms with Gasteiger partial charge in [-0.3, -0.25) is 0 Å². The highest BCUT2D eigenvalue weighted by atomic mass is 32.2. The maximum Gasteiger partial charge on any atom is 0.365 e. The number of thiazole rings is 1. The van der Waals surface area contributed by atoms with Gasteiger partial charge in [-0.1, -0.05) is 6.07 Å². The van der Waals surface area contributed by atoms with Gasteiger partial charge in [-0.05, 0) is 24.6 Å². The summed E-state index contributed by atoms with van der Waals surface area (Å²) in [5.74, 6) is -0.358. The molecule has 0 aliphatic carbocycles. The second-order valence-corrected chi connectivity index (χ2v) is 5.65. The van der Waals surface area contributed by atoms with Crippen molar-refractivity contribution in [1.82, 2.24) is 4.98 Å². The number of aryl methyl sites for hydroxylation is 1. The van der Waals surface area contributed by atoms with Crippen LogP contribution in [-0.4, -0.2) is 16.1 Å². The maximum atomic E-state index is 10.7. The zero-order valence-electron chi connectivity index (χ0n) is 9.71. The third-order valence-corrected chi connectivity index (χ3v) is 4.28. The summed E-state index contributed by atoms with van der Waals surface area (Å²) < 4.78 is 0. The molecule has 0 saturated carbocycles. The van der Waals surface area contributed by atoms with E-state index in [1.54, 1.807) is 17.1 Å². The number of aromatic nitrogens is 1. The van der Waals surface area contributed by atoms with E-state index in [1.165, 1.54) is 0 Å². The minimum absolute atomic E-state index is 0.127. The molecule has 3 N–H and O–H groups in total. The van der Waals surface area contributed by atoms with Crippen molar-refractivity contribution in [3.05, 3.63) is 39.8 Å². The molecule has 0 spiro atoms. The Labute approximate surface area is 113 Å². The van der Waals surface area contributed by atoms with Crippen molar-refractivity contribution < 1.29 is 9.90 Å². The van der Waals surface area contributed by atoms with Crippen LogP contribution >= 0.6 is 23.1 Å². The number of rotatable bonds is 4. The Morgan fingerprint density at radius 3 is 2.94 bits per heavy atom. The van der Waals surface area contributed by atoms with Gasteiger partial charge in [-0.15, -0.1) is 23.1 Å². The topological polar surface area (TPSA) is 76.2 Å². The zero-order valence-corrected chi connectivity index (χ0v) is 11.3. The normalized spacial score (nSPS) is 10.5. The predicted octanol–water partition coefficient (Wildman–Crippen LogP) is 3.02. The number of hydrogen-bond acceptors (Lipinski definition) is 5. The number of benzene rings is 1. The van der Waals surface area contributed by atoms with E-state index in [2.05, 4.69) is 4.98 Å². The van der Waals surface area contributed by atoms with E-state index in [0.717, 1.165) is 33.2 Å². The van der Waals surface area contributed by atoms with Crippen LogP contribution in [0.15, 0.2) is 28.5 Å². The molecule has 18 heavy (non-hydrogen) atoms. The van der Waals surface area contributed by atoms with Crippen molar-refractivity contribution >= 4 is 34.8 Å². The van der Waals surface area contributed by atoms with Gasteiger partial charge in [0, 0.05) is 21.7 Å². The predicted molar refractivity (Wildman–Crippen MR) is 74.2 cm³/mol. The number of thioether (sulfide) groups is 1. The number of carboxylic acid groups (broad SMARTS) is 1. The first-order valence-corrected chi connectivity index (χ1v) is 7.09. The molecule has 0 radical (unpaired) electrons. The molecule has 1 aromatic heterocycles. The standard InChI is InChI=1S/C12H12N2O2S2/c1-7-2-3-10(9(13)4-7)17-5-8-6-18-11(14-8)12(15)16/h2-4,6H,5,13H2,1H3,(H,15,16). The fourth-order valence-electron chi connectivity index (χ4n) is 1.42. The molecule has 0 atom stereocenters. The molecule has 6 heteroatoms. The van der Waals surface area contributed by atoms with Crippen LogP contribution in [0.5, 0.6) is 0 Å². The van der Waals surface area contributed by atoms with Crippen LogP contribution in [-0.2, 0) is 5.75 Å². The van der Waals surface area contributed by atoms with Gasteiger partial charge in [0.25, 0.3) is 0 Å². The minimum Gasteiger partial charge on any atom is -0.476 e. The minimum atomic E-state index is -0.980. The summed E-state index contributed by atoms with van der Waals surface area (Å²) in [5.41, 5.74) is 8.54. The fourth-order valence-corrected chi connectivity index (χ4v) is 3.02. The van der Waals surface area contributed by atoms with E-state index >= 15 is 0 Å². The lowest BCUT2D eigenvalue weighted by Crippen LogP contribution is -1.95. The highest BCUT2D eigenvalue weighted by Gasteiger charge is 2.09. The molecule has 1 aromatic carbocycles. The Bertz CT molecular complexity index is 581. The van der Waals surface area contributed by atoms with Gasteiger partial charge in [0.05, 0.1) is 5.69 Å². The van der Waals surface area contributed by atoms with E-state index in [-0.39, 0.29) is 5.01 Å². The third kappa shape index (κ3) is 3.02. The van der Waals surface area contributed by atoms with Crippen LogP contribution in [0.4, 0.5) is 5.69 Å². The van der Waals surface area contributed by atoms with E-state index in [0.29, 0.717) is 5.75 Å². The molecule has 94 valence electrons. The van der Waals surface area contributed by atoms with Gasteiger partial charge in [-0.2, -0.15) is 0 Å². The lowest BCUT2D eigenvalue weighted by Gasteiger charge is -2.04. The van der Waals surface area contributed by atoms with Crippen LogP contribution in [0.2, 0.25) is 0 Å². The molecule has 0 saturated heterocycles. The molecule has 2 rings (SSSR count). The van der Waals surface area contributed by atoms with Crippen LogP contribution in [0.1, 0.15) is 21.1 Å². The Hall–Kier alpha value is -1.53. The molecule has 0 aliphatic rings. The van der Waals surface area contributed by atoms with Crippen LogP contribution in [0.25, 0.3) is 0 Å². The first-order chi connectivity index (χ1) is 8.56. The highest BCUT2D eigenvalue weighted by molar-refractivity contribution is 7.98. The molecule has 0 unspecified atom stereocenters. The molecule has 2 aromatic rings. The largest absolute Gasteiger partial charge is 0.476 e. The third-order valence-electron chi connectivity index (χ3n) is 2.28. The number of carboxylic acids is 1. The number of nitrogens with two attached hydrogens (primary N) is 1. The lowest BCUT2D eigenvalue weighted by atomic mass is 10.2. The van der Waals surface area contributed by atoms with Crippen molar-refractivity contribution in [2.45, 2.75) is 17.6 Å². The zero-order chi connectivity index (χ0) is 13.1. The summed E-state index contributed by atoms with van der Waals surface area (Å²) in [6.07, 6.45) is 0. The van der Waals surface area contributed by atoms with Crippen molar-refractivity contribution in [3.8, 4) is 0 Å². The number of anilines is 1. The molecular weight excluding hydrogens is 268 g/mol. The summed E-state index contributed by atoms with van der Waals surface area (Å²) in [5, 5.41) is 10.7. The monoisotopic (exact) mass is 280 g/mol. The van der Waals surface area contributed by atoms with Gasteiger partial charge in [0.2, 0.25) is 5.01 Å². The first-order valence-electron chi connectivity index (χ1n) is 5.23. The van der Waals surface area contributed by atoms with Crippen LogP contribution < -0.4 is 5.73 Å². The Kier molecular flexibility index (Phi) is 3.88. The number of hydrogen-bond donors (Lipinski definition) is 2. The molecule has 4 nitrogen and oxygen atoms in total. The highest BCUT2D eigenvalue weighted by Crippen LogP contribution is 2.29. The summed E-state index contributed by atoms with van der Waals surface area (Å²) in [4.78, 5) is 15.7. The average molecular weight is 280 g/mol. The van der Waals surface area contributed by atoms with Crippen molar-refractivity contribution in [2.24, 2.45) is 0 Å². The number of nitrogens with zero attached hydrogens (tertiary/aromatic N) is 1. The summed E-state index contributed by atoms with van der Waals surface area (Å²) in [6, 6.07) is 5.90. The first kappa shape index (κ1) is 12.9. The average Bonchev–Trinajstić information content (AvgIpc) is 2.76. The maximum absolute atomic E-state index is 10.7. The molecular formula is C12H12N2O2S2. The van der Waals surface area contributed by atoms with E-state index in [4.69, 9.17) is 10.8 Å². The summed E-state index contributed by atoms with van der Waals surface area (Å²) in [7, 11) is 0. The molecule has 0 amide bonds. The molecule has 0 bridgehead atoms. The van der Waals surface area contributed by atoms with E-state index < -0.39 is 5.97 Å². The van der Waals surface area contributed by atoms with Crippen LogP contribution in [0.3, 0.4) is 0 Å². The van der Waals surface area contributed by atoms with E-state index in [1.807, 2.05) is 25.1 Å². The Morgan fingerprint density at radius 1 is 1.56 bits per heavy atom. The molecule has 1 heterocycles. The summed E-state index contributed by atoms with van der Waals surface area (Å²) in [6.45, 7) is 1.99. The van der Waals surface area contributed by atoms with Gasteiger partial charge >= 0.3 is 5.97 Å². The smallest absolute Gasteiger partial charge is 0.365 e. The van der Waals surface area contributed by atoms with Crippen LogP contribution in [0, 0.1) is 6.92 Å². The molecule has 0 aliphatic heterocycles. The van der Waals surface area contributed by atoms with Gasteiger partial charge < -0.3 is 10.8 Å². The SMILES string of the molecule is Cc1ccc(SCc2csc(C(=O)O)n2)c(N)c1. The molecule has 0 fully saturated rings. The Balaban J connectivity index is 2.04. The number of aromatic carboxylic acids is 1. The summed E-state index contributed by atoms with van der Waals surface area (Å²) >= 11 is 2.70. The van der Waals surface area contributed by atoms with Gasteiger partial charge in [0.1, 0.15) is 0 Å². The second-order valence-electron chi connectivity index (χ2n) is 3.78. The fraction of sp³-hybridized carbons (Fsp3) is 0.167. The van der Waals surface area contributed by atoms with E-state index in [9.17, 15) is 4.79 Å². The van der Waals surface area contributed by atoms with Crippen molar-refractivity contribution in [3.63, 3.8) is 0 Å².